The van der Waals surface area contributed by atoms with Gasteiger partial charge in [-0.05, 0) is 31.5 Å². The number of para-hydroxylation sites is 1. The Balaban J connectivity index is 1.95. The number of aliphatic hydroxyl groups excluding tert-OH is 1. The van der Waals surface area contributed by atoms with E-state index in [1.54, 1.807) is 24.3 Å². The van der Waals surface area contributed by atoms with Crippen molar-refractivity contribution < 1.29 is 14.7 Å². The lowest BCUT2D eigenvalue weighted by atomic mass is 9.94. The monoisotopic (exact) mass is 383 g/mol. The van der Waals surface area contributed by atoms with Crippen molar-refractivity contribution in [2.24, 2.45) is 0 Å². The van der Waals surface area contributed by atoms with Crippen LogP contribution in [0.1, 0.15) is 28.3 Å². The Bertz CT molecular complexity index is 1110. The van der Waals surface area contributed by atoms with Crippen molar-refractivity contribution in [1.29, 1.82) is 0 Å². The molecule has 0 aliphatic carbocycles. The normalized spacial score (nSPS) is 18.3. The number of ketones is 1. The Morgan fingerprint density at radius 3 is 2.17 bits per heavy atom. The molecule has 29 heavy (non-hydrogen) atoms. The van der Waals surface area contributed by atoms with Crippen molar-refractivity contribution in [2.75, 3.05) is 4.90 Å². The Morgan fingerprint density at radius 1 is 0.828 bits per heavy atom. The third-order valence-corrected chi connectivity index (χ3v) is 5.16. The maximum Gasteiger partial charge on any atom is 0.300 e. The van der Waals surface area contributed by atoms with Crippen LogP contribution in [0.2, 0.25) is 0 Å². The molecule has 1 fully saturated rings. The molecule has 1 aliphatic heterocycles. The van der Waals surface area contributed by atoms with Gasteiger partial charge in [-0.15, -0.1) is 0 Å². The van der Waals surface area contributed by atoms with Crippen LogP contribution >= 0.6 is 0 Å². The van der Waals surface area contributed by atoms with E-state index in [2.05, 4.69) is 0 Å². The number of aliphatic hydroxyl groups is 1. The molecule has 1 saturated heterocycles. The smallest absolute Gasteiger partial charge is 0.300 e. The van der Waals surface area contributed by atoms with Crippen LogP contribution in [0.15, 0.2) is 84.4 Å². The molecule has 3 aromatic carbocycles. The van der Waals surface area contributed by atoms with Crippen LogP contribution in [0.4, 0.5) is 5.69 Å². The molecule has 0 saturated carbocycles. The fraction of sp³-hybridized carbons (Fsp3) is 0.120. The van der Waals surface area contributed by atoms with Crippen LogP contribution in [0.25, 0.3) is 5.76 Å². The van der Waals surface area contributed by atoms with E-state index < -0.39 is 17.7 Å². The quantitative estimate of drug-likeness (QED) is 0.396. The lowest BCUT2D eigenvalue weighted by Crippen LogP contribution is -2.29. The summed E-state index contributed by atoms with van der Waals surface area (Å²) in [5.74, 6) is -1.48. The zero-order chi connectivity index (χ0) is 20.5. The van der Waals surface area contributed by atoms with E-state index in [4.69, 9.17) is 0 Å². The molecule has 4 rings (SSSR count). The minimum atomic E-state index is -0.696. The van der Waals surface area contributed by atoms with E-state index in [1.807, 2.05) is 68.4 Å². The number of hydrogen-bond donors (Lipinski definition) is 1. The number of carbonyl (C=O) groups is 2. The minimum absolute atomic E-state index is 0.105. The fourth-order valence-electron chi connectivity index (χ4n) is 3.71. The van der Waals surface area contributed by atoms with Gasteiger partial charge in [0.05, 0.1) is 11.6 Å². The van der Waals surface area contributed by atoms with E-state index >= 15 is 0 Å². The van der Waals surface area contributed by atoms with E-state index in [9.17, 15) is 14.7 Å². The molecule has 0 bridgehead atoms. The van der Waals surface area contributed by atoms with Gasteiger partial charge in [0, 0.05) is 11.3 Å². The number of Topliss-reactive ketones (excluding diaryl/α,β-unsaturated/α-hetero) is 1. The number of nitrogens with zero attached hydrogens (tertiary/aromatic N) is 1. The Hall–Kier alpha value is -3.66. The maximum atomic E-state index is 13.0. The molecular formula is C25H21NO3. The maximum absolute atomic E-state index is 13.0. The van der Waals surface area contributed by atoms with Gasteiger partial charge in [-0.25, -0.2) is 0 Å². The standard InChI is InChI=1S/C25H21NO3/c1-16-11-13-18(14-12-16)23(27)21-22(19-8-6-7-17(2)15-19)26(25(29)24(21)28)20-9-4-3-5-10-20/h3-15,22,27H,1-2H3/b23-21-. The first-order valence-corrected chi connectivity index (χ1v) is 9.47. The van der Waals surface area contributed by atoms with Gasteiger partial charge in [0.15, 0.2) is 0 Å². The molecule has 0 radical (unpaired) electrons. The molecule has 4 heteroatoms. The molecule has 1 atom stereocenters. The summed E-state index contributed by atoms with van der Waals surface area (Å²) < 4.78 is 0. The zero-order valence-corrected chi connectivity index (χ0v) is 16.3. The molecule has 1 unspecified atom stereocenters. The molecule has 0 spiro atoms. The molecule has 4 nitrogen and oxygen atoms in total. The lowest BCUT2D eigenvalue weighted by molar-refractivity contribution is -0.132. The predicted molar refractivity (Wildman–Crippen MR) is 114 cm³/mol. The average Bonchev–Trinajstić information content (AvgIpc) is 2.99. The summed E-state index contributed by atoms with van der Waals surface area (Å²) in [4.78, 5) is 27.5. The second-order valence-electron chi connectivity index (χ2n) is 7.28. The van der Waals surface area contributed by atoms with Crippen LogP contribution in [0.3, 0.4) is 0 Å². The van der Waals surface area contributed by atoms with Gasteiger partial charge in [0.25, 0.3) is 11.7 Å². The number of carbonyl (C=O) groups excluding carboxylic acids is 2. The first-order valence-electron chi connectivity index (χ1n) is 9.47. The molecular weight excluding hydrogens is 362 g/mol. The summed E-state index contributed by atoms with van der Waals surface area (Å²) in [6.07, 6.45) is 0. The van der Waals surface area contributed by atoms with Crippen LogP contribution in [-0.4, -0.2) is 16.8 Å². The number of benzene rings is 3. The number of amides is 1. The number of aryl methyl sites for hydroxylation is 2. The highest BCUT2D eigenvalue weighted by Crippen LogP contribution is 2.42. The molecule has 1 N–H and O–H groups in total. The van der Waals surface area contributed by atoms with Crippen molar-refractivity contribution in [1.82, 2.24) is 0 Å². The predicted octanol–water partition coefficient (Wildman–Crippen LogP) is 4.93. The first-order chi connectivity index (χ1) is 14.0. The highest BCUT2D eigenvalue weighted by Gasteiger charge is 2.46. The van der Waals surface area contributed by atoms with Gasteiger partial charge in [-0.3, -0.25) is 14.5 Å². The van der Waals surface area contributed by atoms with Gasteiger partial charge in [0.2, 0.25) is 0 Å². The zero-order valence-electron chi connectivity index (χ0n) is 16.3. The van der Waals surface area contributed by atoms with Gasteiger partial charge >= 0.3 is 0 Å². The molecule has 3 aromatic rings. The highest BCUT2D eigenvalue weighted by molar-refractivity contribution is 6.51. The van der Waals surface area contributed by atoms with E-state index in [-0.39, 0.29) is 11.3 Å². The van der Waals surface area contributed by atoms with Crippen LogP contribution < -0.4 is 4.90 Å². The first kappa shape index (κ1) is 18.7. The summed E-state index contributed by atoms with van der Waals surface area (Å²) in [6, 6.07) is 23.3. The van der Waals surface area contributed by atoms with Crippen molar-refractivity contribution in [3.8, 4) is 0 Å². The highest BCUT2D eigenvalue weighted by atomic mass is 16.3. The second kappa shape index (κ2) is 7.40. The van der Waals surface area contributed by atoms with Gasteiger partial charge in [-0.1, -0.05) is 77.9 Å². The van der Waals surface area contributed by atoms with Crippen molar-refractivity contribution in [3.63, 3.8) is 0 Å². The van der Waals surface area contributed by atoms with Crippen LogP contribution in [0, 0.1) is 13.8 Å². The SMILES string of the molecule is Cc1ccc(/C(O)=C2/C(=O)C(=O)N(c3ccccc3)C2c2cccc(C)c2)cc1. The lowest BCUT2D eigenvalue weighted by Gasteiger charge is -2.25. The van der Waals surface area contributed by atoms with E-state index in [0.717, 1.165) is 16.7 Å². The van der Waals surface area contributed by atoms with E-state index in [0.29, 0.717) is 11.3 Å². The van der Waals surface area contributed by atoms with Crippen molar-refractivity contribution in [2.45, 2.75) is 19.9 Å². The number of rotatable bonds is 3. The summed E-state index contributed by atoms with van der Waals surface area (Å²) in [6.45, 7) is 3.91. The summed E-state index contributed by atoms with van der Waals surface area (Å²) in [5, 5.41) is 11.0. The third kappa shape index (κ3) is 3.34. The van der Waals surface area contributed by atoms with E-state index in [1.165, 1.54) is 4.90 Å². The van der Waals surface area contributed by atoms with Gasteiger partial charge < -0.3 is 5.11 Å². The molecule has 144 valence electrons. The van der Waals surface area contributed by atoms with Gasteiger partial charge in [0.1, 0.15) is 5.76 Å². The Labute approximate surface area is 169 Å². The topological polar surface area (TPSA) is 57.6 Å². The molecule has 0 aromatic heterocycles. The Kier molecular flexibility index (Phi) is 4.77. The molecule has 1 aliphatic rings. The average molecular weight is 383 g/mol. The Morgan fingerprint density at radius 2 is 1.52 bits per heavy atom. The van der Waals surface area contributed by atoms with Crippen molar-refractivity contribution in [3.05, 3.63) is 107 Å². The van der Waals surface area contributed by atoms with Gasteiger partial charge in [-0.2, -0.15) is 0 Å². The van der Waals surface area contributed by atoms with Crippen molar-refractivity contribution >= 4 is 23.1 Å². The number of anilines is 1. The minimum Gasteiger partial charge on any atom is -0.507 e. The fourth-order valence-corrected chi connectivity index (χ4v) is 3.71. The summed E-state index contributed by atoms with van der Waals surface area (Å²) >= 11 is 0. The third-order valence-electron chi connectivity index (χ3n) is 5.16. The number of hydrogen-bond acceptors (Lipinski definition) is 3. The molecule has 1 amide bonds. The van der Waals surface area contributed by atoms with Crippen LogP contribution in [-0.2, 0) is 9.59 Å². The summed E-state index contributed by atoms with van der Waals surface area (Å²) in [5.41, 5.74) is 4.07. The largest absolute Gasteiger partial charge is 0.507 e. The molecule has 1 heterocycles. The second-order valence-corrected chi connectivity index (χ2v) is 7.28. The summed E-state index contributed by atoms with van der Waals surface area (Å²) in [7, 11) is 0. The van der Waals surface area contributed by atoms with Crippen LogP contribution in [0.5, 0.6) is 0 Å².